The van der Waals surface area contributed by atoms with E-state index in [4.69, 9.17) is 4.74 Å². The van der Waals surface area contributed by atoms with Gasteiger partial charge in [-0.2, -0.15) is 0 Å². The summed E-state index contributed by atoms with van der Waals surface area (Å²) >= 11 is 4.41. The first kappa shape index (κ1) is 15.5. The molecule has 1 aromatic heterocycles. The van der Waals surface area contributed by atoms with Crippen LogP contribution >= 0.6 is 27.3 Å². The fourth-order valence-corrected chi connectivity index (χ4v) is 4.98. The molecule has 0 bridgehead atoms. The molecule has 0 spiro atoms. The summed E-state index contributed by atoms with van der Waals surface area (Å²) in [6.07, 6.45) is 0.608. The smallest absolute Gasteiger partial charge is 0.251 e. The number of halogens is 1. The number of para-hydroxylation sites is 1. The molecule has 0 aliphatic carbocycles. The third-order valence-electron chi connectivity index (χ3n) is 2.45. The molecular formula is C13H14BrNO3S2. The molecule has 0 aliphatic heterocycles. The van der Waals surface area contributed by atoms with Crippen LogP contribution < -0.4 is 9.46 Å². The Labute approximate surface area is 131 Å². The van der Waals surface area contributed by atoms with E-state index >= 15 is 0 Å². The van der Waals surface area contributed by atoms with Crippen LogP contribution in [0.4, 0.5) is 0 Å². The highest BCUT2D eigenvalue weighted by Crippen LogP contribution is 2.27. The van der Waals surface area contributed by atoms with Gasteiger partial charge in [0.05, 0.1) is 6.61 Å². The Balaban J connectivity index is 1.75. The van der Waals surface area contributed by atoms with Crippen molar-refractivity contribution in [2.24, 2.45) is 0 Å². The van der Waals surface area contributed by atoms with E-state index in [0.29, 0.717) is 28.3 Å². The zero-order chi connectivity index (χ0) is 14.4. The van der Waals surface area contributed by atoms with Gasteiger partial charge in [0.25, 0.3) is 10.0 Å². The molecule has 0 saturated heterocycles. The Morgan fingerprint density at radius 3 is 2.60 bits per heavy atom. The quantitative estimate of drug-likeness (QED) is 0.755. The van der Waals surface area contributed by atoms with Gasteiger partial charge in [-0.15, -0.1) is 11.3 Å². The maximum Gasteiger partial charge on any atom is 0.251 e. The van der Waals surface area contributed by atoms with Crippen molar-refractivity contribution in [2.75, 3.05) is 13.2 Å². The van der Waals surface area contributed by atoms with Crippen molar-refractivity contribution in [3.8, 4) is 5.75 Å². The standard InChI is InChI=1S/C13H14BrNO3S2/c14-12-7-10-19-13(12)20(16,17)15-8-4-9-18-11-5-2-1-3-6-11/h1-3,5-7,10,15H,4,8-9H2. The molecule has 1 N–H and O–H groups in total. The Hall–Kier alpha value is -0.890. The number of nitrogens with one attached hydrogen (secondary N) is 1. The largest absolute Gasteiger partial charge is 0.494 e. The van der Waals surface area contributed by atoms with Gasteiger partial charge >= 0.3 is 0 Å². The van der Waals surface area contributed by atoms with E-state index in [0.717, 1.165) is 5.75 Å². The number of hydrogen-bond donors (Lipinski definition) is 1. The van der Waals surface area contributed by atoms with Crippen molar-refractivity contribution in [1.82, 2.24) is 4.72 Å². The molecule has 0 atom stereocenters. The first-order valence-electron chi connectivity index (χ1n) is 6.00. The molecule has 0 fully saturated rings. The summed E-state index contributed by atoms with van der Waals surface area (Å²) in [5.74, 6) is 0.788. The second kappa shape index (κ2) is 7.21. The summed E-state index contributed by atoms with van der Waals surface area (Å²) in [5.41, 5.74) is 0. The van der Waals surface area contributed by atoms with Crippen LogP contribution in [-0.4, -0.2) is 21.6 Å². The molecule has 4 nitrogen and oxygen atoms in total. The molecule has 108 valence electrons. The number of thiophene rings is 1. The van der Waals surface area contributed by atoms with Gasteiger partial charge in [0.1, 0.15) is 9.96 Å². The van der Waals surface area contributed by atoms with Gasteiger partial charge in [-0.1, -0.05) is 18.2 Å². The molecule has 7 heteroatoms. The molecule has 0 unspecified atom stereocenters. The van der Waals surface area contributed by atoms with E-state index in [1.54, 1.807) is 11.4 Å². The Morgan fingerprint density at radius 1 is 1.20 bits per heavy atom. The SMILES string of the molecule is O=S(=O)(NCCCOc1ccccc1)c1sccc1Br. The van der Waals surface area contributed by atoms with Crippen LogP contribution in [0.15, 0.2) is 50.5 Å². The highest BCUT2D eigenvalue weighted by Gasteiger charge is 2.18. The van der Waals surface area contributed by atoms with Crippen molar-refractivity contribution in [3.63, 3.8) is 0 Å². The third kappa shape index (κ3) is 4.31. The maximum atomic E-state index is 12.0. The topological polar surface area (TPSA) is 55.4 Å². The lowest BCUT2D eigenvalue weighted by atomic mass is 10.3. The molecule has 2 rings (SSSR count). The van der Waals surface area contributed by atoms with Crippen molar-refractivity contribution in [1.29, 1.82) is 0 Å². The van der Waals surface area contributed by atoms with Crippen LogP contribution in [0.3, 0.4) is 0 Å². The molecule has 20 heavy (non-hydrogen) atoms. The lowest BCUT2D eigenvalue weighted by Crippen LogP contribution is -2.25. The fourth-order valence-electron chi connectivity index (χ4n) is 1.52. The van der Waals surface area contributed by atoms with Gasteiger partial charge in [0, 0.05) is 11.0 Å². The second-order valence-electron chi connectivity index (χ2n) is 3.97. The van der Waals surface area contributed by atoms with Gasteiger partial charge in [0.15, 0.2) is 0 Å². The summed E-state index contributed by atoms with van der Waals surface area (Å²) in [4.78, 5) is 0. The minimum absolute atomic E-state index is 0.307. The fraction of sp³-hybridized carbons (Fsp3) is 0.231. The molecule has 0 amide bonds. The second-order valence-corrected chi connectivity index (χ2v) is 7.70. The number of sulfonamides is 1. The molecule has 1 aromatic carbocycles. The van der Waals surface area contributed by atoms with Gasteiger partial charge in [0.2, 0.25) is 0 Å². The van der Waals surface area contributed by atoms with E-state index in [9.17, 15) is 8.42 Å². The number of hydrogen-bond acceptors (Lipinski definition) is 4. The van der Waals surface area contributed by atoms with Crippen LogP contribution in [0.25, 0.3) is 0 Å². The Kier molecular flexibility index (Phi) is 5.59. The lowest BCUT2D eigenvalue weighted by molar-refractivity contribution is 0.311. The summed E-state index contributed by atoms with van der Waals surface area (Å²) in [6, 6.07) is 11.2. The van der Waals surface area contributed by atoms with Gasteiger partial charge < -0.3 is 4.74 Å². The van der Waals surface area contributed by atoms with E-state index in [2.05, 4.69) is 20.7 Å². The first-order valence-corrected chi connectivity index (χ1v) is 9.16. The molecule has 1 heterocycles. The van der Waals surface area contributed by atoms with E-state index in [-0.39, 0.29) is 0 Å². The maximum absolute atomic E-state index is 12.0. The third-order valence-corrected chi connectivity index (χ3v) is 6.58. The van der Waals surface area contributed by atoms with E-state index in [1.165, 1.54) is 11.3 Å². The van der Waals surface area contributed by atoms with Crippen LogP contribution in [0, 0.1) is 0 Å². The van der Waals surface area contributed by atoms with Crippen LogP contribution in [0.2, 0.25) is 0 Å². The van der Waals surface area contributed by atoms with Crippen LogP contribution in [0.1, 0.15) is 6.42 Å². The van der Waals surface area contributed by atoms with E-state index in [1.807, 2.05) is 30.3 Å². The minimum atomic E-state index is -3.43. The lowest BCUT2D eigenvalue weighted by Gasteiger charge is -2.07. The monoisotopic (exact) mass is 375 g/mol. The first-order chi connectivity index (χ1) is 9.59. The predicted octanol–water partition coefficient (Wildman–Crippen LogP) is 3.26. The summed E-state index contributed by atoms with van der Waals surface area (Å²) in [7, 11) is -3.43. The average Bonchev–Trinajstić information content (AvgIpc) is 2.86. The molecular weight excluding hydrogens is 362 g/mol. The highest BCUT2D eigenvalue weighted by molar-refractivity contribution is 9.10. The number of rotatable bonds is 7. The van der Waals surface area contributed by atoms with Crippen molar-refractivity contribution >= 4 is 37.3 Å². The van der Waals surface area contributed by atoms with Crippen LogP contribution in [-0.2, 0) is 10.0 Å². The molecule has 0 aliphatic rings. The summed E-state index contributed by atoms with van der Waals surface area (Å²) in [5, 5.41) is 1.73. The normalized spacial score (nSPS) is 11.4. The zero-order valence-electron chi connectivity index (χ0n) is 10.6. The Bertz CT molecular complexity index is 641. The van der Waals surface area contributed by atoms with Gasteiger partial charge in [-0.05, 0) is 45.9 Å². The van der Waals surface area contributed by atoms with Crippen molar-refractivity contribution in [3.05, 3.63) is 46.3 Å². The van der Waals surface area contributed by atoms with Crippen molar-refractivity contribution < 1.29 is 13.2 Å². The van der Waals surface area contributed by atoms with E-state index < -0.39 is 10.0 Å². The molecule has 2 aromatic rings. The number of benzene rings is 1. The molecule has 0 saturated carbocycles. The van der Waals surface area contributed by atoms with Crippen LogP contribution in [0.5, 0.6) is 5.75 Å². The van der Waals surface area contributed by atoms with Crippen molar-refractivity contribution in [2.45, 2.75) is 10.6 Å². The average molecular weight is 376 g/mol. The summed E-state index contributed by atoms with van der Waals surface area (Å²) in [6.45, 7) is 0.817. The summed E-state index contributed by atoms with van der Waals surface area (Å²) < 4.78 is 32.9. The predicted molar refractivity (Wildman–Crippen MR) is 83.8 cm³/mol. The van der Waals surface area contributed by atoms with Gasteiger partial charge in [-0.3, -0.25) is 0 Å². The number of ether oxygens (including phenoxy) is 1. The zero-order valence-corrected chi connectivity index (χ0v) is 13.8. The molecule has 0 radical (unpaired) electrons. The Morgan fingerprint density at radius 2 is 1.95 bits per heavy atom. The van der Waals surface area contributed by atoms with Gasteiger partial charge in [-0.25, -0.2) is 13.1 Å². The minimum Gasteiger partial charge on any atom is -0.494 e. The highest BCUT2D eigenvalue weighted by atomic mass is 79.9.